The van der Waals surface area contributed by atoms with Crippen LogP contribution in [0.3, 0.4) is 0 Å². The summed E-state index contributed by atoms with van der Waals surface area (Å²) >= 11 is 0. The first kappa shape index (κ1) is 31.7. The Bertz CT molecular complexity index is 710. The topological polar surface area (TPSA) is 29.5 Å². The van der Waals surface area contributed by atoms with Gasteiger partial charge in [-0.05, 0) is 55.7 Å². The summed E-state index contributed by atoms with van der Waals surface area (Å²) < 4.78 is 6.09. The number of unbranched alkanes of at least 4 members (excludes halogenated alkanes) is 14. The highest BCUT2D eigenvalue weighted by molar-refractivity contribution is 5.71. The first-order valence-corrected chi connectivity index (χ1v) is 16.2. The fourth-order valence-corrected chi connectivity index (χ4v) is 5.89. The molecule has 212 valence electrons. The van der Waals surface area contributed by atoms with Gasteiger partial charge >= 0.3 is 6.09 Å². The van der Waals surface area contributed by atoms with Gasteiger partial charge in [-0.2, -0.15) is 0 Å². The minimum absolute atomic E-state index is 0.173. The molecular formula is C34H59NO2. The van der Waals surface area contributed by atoms with Crippen LogP contribution in [0, 0.1) is 0 Å². The van der Waals surface area contributed by atoms with Crippen molar-refractivity contribution in [2.75, 3.05) is 7.05 Å². The molecule has 0 atom stereocenters. The van der Waals surface area contributed by atoms with E-state index in [1.165, 1.54) is 133 Å². The van der Waals surface area contributed by atoms with Crippen molar-refractivity contribution in [1.29, 1.82) is 0 Å². The first-order valence-electron chi connectivity index (χ1n) is 16.2. The Hall–Kier alpha value is -1.51. The second-order valence-electron chi connectivity index (χ2n) is 11.6. The van der Waals surface area contributed by atoms with Crippen LogP contribution < -0.4 is 4.74 Å². The molecule has 1 fully saturated rings. The highest BCUT2D eigenvalue weighted by Crippen LogP contribution is 2.29. The number of aryl methyl sites for hydroxylation is 1. The van der Waals surface area contributed by atoms with E-state index in [9.17, 15) is 4.79 Å². The number of nitrogens with zero attached hydrogens (tertiary/aromatic N) is 1. The Labute approximate surface area is 230 Å². The van der Waals surface area contributed by atoms with Crippen LogP contribution in [0.2, 0.25) is 0 Å². The van der Waals surface area contributed by atoms with Gasteiger partial charge in [-0.3, -0.25) is 0 Å². The summed E-state index contributed by atoms with van der Waals surface area (Å²) in [6, 6.07) is 6.74. The standard InChI is InChI=1S/C34H59NO2/c1-4-6-8-10-12-14-16-19-24-30-25-23-29-33(32(30)28-22-17-15-13-11-9-7-5-2)37-34(36)35(3)31-26-20-18-21-27-31/h23,25,29,31H,4-22,24,26-28H2,1-3H3. The maximum Gasteiger partial charge on any atom is 0.415 e. The maximum atomic E-state index is 13.1. The molecule has 37 heavy (non-hydrogen) atoms. The average Bonchev–Trinajstić information content (AvgIpc) is 2.92. The molecule has 0 aromatic heterocycles. The highest BCUT2D eigenvalue weighted by atomic mass is 16.6. The Balaban J connectivity index is 1.92. The number of amides is 1. The Morgan fingerprint density at radius 1 is 0.730 bits per heavy atom. The fraction of sp³-hybridized carbons (Fsp3) is 0.794. The maximum absolute atomic E-state index is 13.1. The van der Waals surface area contributed by atoms with Gasteiger partial charge in [0, 0.05) is 13.1 Å². The number of benzene rings is 1. The van der Waals surface area contributed by atoms with Crippen LogP contribution in [0.25, 0.3) is 0 Å². The molecule has 1 amide bonds. The molecule has 0 bridgehead atoms. The van der Waals surface area contributed by atoms with Crippen LogP contribution in [0.15, 0.2) is 18.2 Å². The molecule has 1 aromatic carbocycles. The van der Waals surface area contributed by atoms with E-state index in [2.05, 4.69) is 26.0 Å². The third-order valence-corrected chi connectivity index (χ3v) is 8.42. The second-order valence-corrected chi connectivity index (χ2v) is 11.6. The third kappa shape index (κ3) is 13.2. The Morgan fingerprint density at radius 2 is 1.24 bits per heavy atom. The molecule has 0 aliphatic heterocycles. The van der Waals surface area contributed by atoms with Crippen LogP contribution >= 0.6 is 0 Å². The van der Waals surface area contributed by atoms with Gasteiger partial charge in [-0.25, -0.2) is 4.79 Å². The van der Waals surface area contributed by atoms with Crippen molar-refractivity contribution < 1.29 is 9.53 Å². The Morgan fingerprint density at radius 3 is 1.81 bits per heavy atom. The van der Waals surface area contributed by atoms with Gasteiger partial charge in [0.05, 0.1) is 0 Å². The predicted molar refractivity (Wildman–Crippen MR) is 160 cm³/mol. The number of hydrogen-bond donors (Lipinski definition) is 0. The summed E-state index contributed by atoms with van der Waals surface area (Å²) in [6.45, 7) is 4.56. The highest BCUT2D eigenvalue weighted by Gasteiger charge is 2.24. The molecule has 1 aliphatic carbocycles. The van der Waals surface area contributed by atoms with Crippen molar-refractivity contribution in [1.82, 2.24) is 4.90 Å². The van der Waals surface area contributed by atoms with E-state index in [1.54, 1.807) is 0 Å². The third-order valence-electron chi connectivity index (χ3n) is 8.42. The lowest BCUT2D eigenvalue weighted by atomic mass is 9.94. The van der Waals surface area contributed by atoms with Crippen molar-refractivity contribution in [3.63, 3.8) is 0 Å². The molecule has 0 saturated heterocycles. The van der Waals surface area contributed by atoms with E-state index in [4.69, 9.17) is 4.74 Å². The SMILES string of the molecule is CCCCCCCCCCc1cccc(OC(=O)N(C)C2CCCCC2)c1CCCCCCCCCC. The minimum Gasteiger partial charge on any atom is -0.410 e. The smallest absolute Gasteiger partial charge is 0.410 e. The van der Waals surface area contributed by atoms with Crippen molar-refractivity contribution in [2.24, 2.45) is 0 Å². The average molecular weight is 514 g/mol. The fourth-order valence-electron chi connectivity index (χ4n) is 5.89. The van der Waals surface area contributed by atoms with Crippen LogP contribution in [-0.2, 0) is 12.8 Å². The van der Waals surface area contributed by atoms with E-state index in [1.807, 2.05) is 18.0 Å². The molecule has 1 saturated carbocycles. The van der Waals surface area contributed by atoms with Gasteiger partial charge < -0.3 is 9.64 Å². The summed E-state index contributed by atoms with van der Waals surface area (Å²) in [7, 11) is 1.93. The molecule has 0 radical (unpaired) electrons. The number of carbonyl (C=O) groups is 1. The van der Waals surface area contributed by atoms with Crippen molar-refractivity contribution in [3.05, 3.63) is 29.3 Å². The van der Waals surface area contributed by atoms with E-state index in [-0.39, 0.29) is 6.09 Å². The summed E-state index contributed by atoms with van der Waals surface area (Å²) in [4.78, 5) is 15.0. The number of ether oxygens (including phenoxy) is 1. The monoisotopic (exact) mass is 513 g/mol. The zero-order valence-corrected chi connectivity index (χ0v) is 24.8. The van der Waals surface area contributed by atoms with E-state index in [0.29, 0.717) is 6.04 Å². The van der Waals surface area contributed by atoms with Gasteiger partial charge in [0.25, 0.3) is 0 Å². The predicted octanol–water partition coefficient (Wildman–Crippen LogP) is 10.8. The van der Waals surface area contributed by atoms with Crippen molar-refractivity contribution >= 4 is 6.09 Å². The summed E-state index contributed by atoms with van der Waals surface area (Å²) in [5, 5.41) is 0. The van der Waals surface area contributed by atoms with E-state index in [0.717, 1.165) is 31.4 Å². The van der Waals surface area contributed by atoms with Gasteiger partial charge in [-0.15, -0.1) is 0 Å². The van der Waals surface area contributed by atoms with Gasteiger partial charge in [0.1, 0.15) is 5.75 Å². The zero-order chi connectivity index (χ0) is 26.6. The van der Waals surface area contributed by atoms with E-state index >= 15 is 0 Å². The molecule has 0 heterocycles. The first-order chi connectivity index (χ1) is 18.2. The van der Waals surface area contributed by atoms with Crippen molar-refractivity contribution in [3.8, 4) is 5.75 Å². The summed E-state index contributed by atoms with van der Waals surface area (Å²) in [5.74, 6) is 0.813. The second kappa shape index (κ2) is 20.5. The molecular weight excluding hydrogens is 454 g/mol. The lowest BCUT2D eigenvalue weighted by Gasteiger charge is -2.30. The number of carbonyl (C=O) groups excluding carboxylic acids is 1. The van der Waals surface area contributed by atoms with Crippen LogP contribution in [0.4, 0.5) is 4.79 Å². The lowest BCUT2D eigenvalue weighted by molar-refractivity contribution is 0.132. The van der Waals surface area contributed by atoms with Gasteiger partial charge in [0.15, 0.2) is 0 Å². The molecule has 3 nitrogen and oxygen atoms in total. The van der Waals surface area contributed by atoms with Crippen LogP contribution in [-0.4, -0.2) is 24.1 Å². The van der Waals surface area contributed by atoms with Crippen LogP contribution in [0.1, 0.15) is 160 Å². The van der Waals surface area contributed by atoms with E-state index < -0.39 is 0 Å². The lowest BCUT2D eigenvalue weighted by Crippen LogP contribution is -2.40. The molecule has 1 aromatic rings. The summed E-state index contributed by atoms with van der Waals surface area (Å²) in [5.41, 5.74) is 2.70. The summed E-state index contributed by atoms with van der Waals surface area (Å²) in [6.07, 6.45) is 29.2. The number of rotatable bonds is 20. The number of hydrogen-bond acceptors (Lipinski definition) is 2. The molecule has 2 rings (SSSR count). The van der Waals surface area contributed by atoms with Crippen molar-refractivity contribution in [2.45, 2.75) is 168 Å². The minimum atomic E-state index is -0.173. The molecule has 1 aliphatic rings. The Kier molecular flexibility index (Phi) is 17.5. The van der Waals surface area contributed by atoms with Gasteiger partial charge in [-0.1, -0.05) is 135 Å². The largest absolute Gasteiger partial charge is 0.415 e. The molecule has 0 unspecified atom stereocenters. The van der Waals surface area contributed by atoms with Crippen LogP contribution in [0.5, 0.6) is 5.75 Å². The molecule has 0 spiro atoms. The normalized spacial score (nSPS) is 14.1. The van der Waals surface area contributed by atoms with Gasteiger partial charge in [0.2, 0.25) is 0 Å². The molecule has 3 heteroatoms. The zero-order valence-electron chi connectivity index (χ0n) is 24.8. The molecule has 0 N–H and O–H groups in total. The quantitative estimate of drug-likeness (QED) is 0.162.